The molecule has 0 radical (unpaired) electrons. The minimum atomic E-state index is -0.449. The van der Waals surface area contributed by atoms with Crippen molar-refractivity contribution in [3.8, 4) is 11.8 Å². The van der Waals surface area contributed by atoms with Crippen LogP contribution < -0.4 is 4.74 Å². The summed E-state index contributed by atoms with van der Waals surface area (Å²) in [6.07, 6.45) is 2.66. The summed E-state index contributed by atoms with van der Waals surface area (Å²) >= 11 is 0. The van der Waals surface area contributed by atoms with E-state index in [2.05, 4.69) is 25.1 Å². The fourth-order valence-corrected chi connectivity index (χ4v) is 2.54. The van der Waals surface area contributed by atoms with Gasteiger partial charge in [0.05, 0.1) is 18.1 Å². The largest absolute Gasteiger partial charge is 0.494 e. The lowest BCUT2D eigenvalue weighted by atomic mass is 9.80. The van der Waals surface area contributed by atoms with Crippen molar-refractivity contribution < 1.29 is 4.74 Å². The Morgan fingerprint density at radius 3 is 2.55 bits per heavy atom. The van der Waals surface area contributed by atoms with E-state index in [-0.39, 0.29) is 0 Å². The summed E-state index contributed by atoms with van der Waals surface area (Å²) in [4.78, 5) is 0. The molecule has 0 heterocycles. The van der Waals surface area contributed by atoms with Gasteiger partial charge in [-0.25, -0.2) is 0 Å². The zero-order chi connectivity index (χ0) is 15.8. The molecular weight excluding hydrogens is 270 g/mol. The Morgan fingerprint density at radius 2 is 1.86 bits per heavy atom. The van der Waals surface area contributed by atoms with Gasteiger partial charge < -0.3 is 4.74 Å². The van der Waals surface area contributed by atoms with Gasteiger partial charge in [0.2, 0.25) is 0 Å². The maximum atomic E-state index is 9.53. The molecule has 0 aliphatic rings. The number of hydrogen-bond acceptors (Lipinski definition) is 2. The van der Waals surface area contributed by atoms with E-state index in [9.17, 15) is 5.26 Å². The number of aryl methyl sites for hydroxylation is 1. The maximum absolute atomic E-state index is 9.53. The number of hydrogen-bond donors (Lipinski definition) is 0. The van der Waals surface area contributed by atoms with E-state index in [1.54, 1.807) is 0 Å². The Labute approximate surface area is 133 Å². The number of nitrogens with zero attached hydrogens (tertiary/aromatic N) is 1. The third-order valence-electron chi connectivity index (χ3n) is 4.05. The van der Waals surface area contributed by atoms with E-state index in [1.165, 1.54) is 5.56 Å². The van der Waals surface area contributed by atoms with Crippen LogP contribution in [0, 0.1) is 11.3 Å². The molecule has 0 aliphatic carbocycles. The lowest BCUT2D eigenvalue weighted by molar-refractivity contribution is 0.295. The standard InChI is InChI=1S/C20H23NO/c1-3-17-9-7-12-19(15-17)22-14-8-13-20(2,16-21)18-10-5-4-6-11-18/h4-7,9-12,15H,3,8,13-14H2,1-2H3. The Kier molecular flexibility index (Phi) is 5.61. The topological polar surface area (TPSA) is 33.0 Å². The van der Waals surface area contributed by atoms with Crippen LogP contribution in [0.3, 0.4) is 0 Å². The highest BCUT2D eigenvalue weighted by atomic mass is 16.5. The van der Waals surface area contributed by atoms with Crippen LogP contribution in [0.1, 0.15) is 37.8 Å². The van der Waals surface area contributed by atoms with Crippen LogP contribution in [-0.4, -0.2) is 6.61 Å². The summed E-state index contributed by atoms with van der Waals surface area (Å²) in [7, 11) is 0. The molecule has 2 aromatic carbocycles. The molecule has 0 amide bonds. The highest BCUT2D eigenvalue weighted by Crippen LogP contribution is 2.28. The van der Waals surface area contributed by atoms with Gasteiger partial charge in [-0.3, -0.25) is 0 Å². The molecule has 0 saturated carbocycles. The van der Waals surface area contributed by atoms with Crippen molar-refractivity contribution >= 4 is 0 Å². The molecule has 2 heteroatoms. The van der Waals surface area contributed by atoms with E-state index in [0.29, 0.717) is 6.61 Å². The van der Waals surface area contributed by atoms with Crippen LogP contribution in [-0.2, 0) is 11.8 Å². The van der Waals surface area contributed by atoms with Crippen molar-refractivity contribution in [1.82, 2.24) is 0 Å². The molecule has 0 aliphatic heterocycles. The molecule has 1 unspecified atom stereocenters. The quantitative estimate of drug-likeness (QED) is 0.681. The van der Waals surface area contributed by atoms with Gasteiger partial charge in [0, 0.05) is 0 Å². The molecule has 1 atom stereocenters. The number of rotatable bonds is 7. The van der Waals surface area contributed by atoms with Gasteiger partial charge in [-0.2, -0.15) is 5.26 Å². The normalized spacial score (nSPS) is 13.1. The van der Waals surface area contributed by atoms with Gasteiger partial charge in [0.15, 0.2) is 0 Å². The van der Waals surface area contributed by atoms with Gasteiger partial charge in [-0.1, -0.05) is 49.4 Å². The van der Waals surface area contributed by atoms with Gasteiger partial charge in [0.25, 0.3) is 0 Å². The molecule has 0 aromatic heterocycles. The average molecular weight is 293 g/mol. The van der Waals surface area contributed by atoms with Crippen molar-refractivity contribution in [3.05, 3.63) is 65.7 Å². The Hall–Kier alpha value is -2.27. The van der Waals surface area contributed by atoms with Gasteiger partial charge >= 0.3 is 0 Å². The smallest absolute Gasteiger partial charge is 0.119 e. The second-order valence-electron chi connectivity index (χ2n) is 5.76. The third kappa shape index (κ3) is 4.11. The van der Waals surface area contributed by atoms with E-state index >= 15 is 0 Å². The first kappa shape index (κ1) is 16.1. The molecular formula is C20H23NO. The third-order valence-corrected chi connectivity index (χ3v) is 4.05. The van der Waals surface area contributed by atoms with Gasteiger partial charge in [-0.15, -0.1) is 0 Å². The molecule has 114 valence electrons. The molecule has 0 bridgehead atoms. The van der Waals surface area contributed by atoms with Crippen molar-refractivity contribution in [3.63, 3.8) is 0 Å². The second-order valence-corrected chi connectivity index (χ2v) is 5.76. The predicted octanol–water partition coefficient (Wildman–Crippen LogP) is 4.89. The first-order valence-electron chi connectivity index (χ1n) is 7.86. The molecule has 2 rings (SSSR count). The second kappa shape index (κ2) is 7.66. The van der Waals surface area contributed by atoms with Crippen LogP contribution >= 0.6 is 0 Å². The Balaban J connectivity index is 1.88. The van der Waals surface area contributed by atoms with Crippen molar-refractivity contribution in [1.29, 1.82) is 5.26 Å². The first-order chi connectivity index (χ1) is 10.7. The lowest BCUT2D eigenvalue weighted by Gasteiger charge is -2.22. The summed E-state index contributed by atoms with van der Waals surface area (Å²) in [5, 5.41) is 9.53. The monoisotopic (exact) mass is 293 g/mol. The lowest BCUT2D eigenvalue weighted by Crippen LogP contribution is -2.20. The van der Waals surface area contributed by atoms with Crippen LogP contribution in [0.25, 0.3) is 0 Å². The minimum absolute atomic E-state index is 0.449. The molecule has 2 nitrogen and oxygen atoms in total. The predicted molar refractivity (Wildman–Crippen MR) is 90.0 cm³/mol. The number of ether oxygens (including phenoxy) is 1. The molecule has 2 aromatic rings. The molecule has 0 fully saturated rings. The summed E-state index contributed by atoms with van der Waals surface area (Å²) < 4.78 is 5.81. The highest BCUT2D eigenvalue weighted by Gasteiger charge is 2.25. The molecule has 0 N–H and O–H groups in total. The fourth-order valence-electron chi connectivity index (χ4n) is 2.54. The van der Waals surface area contributed by atoms with E-state index < -0.39 is 5.41 Å². The highest BCUT2D eigenvalue weighted by molar-refractivity contribution is 5.31. The van der Waals surface area contributed by atoms with E-state index in [4.69, 9.17) is 4.74 Å². The van der Waals surface area contributed by atoms with Crippen molar-refractivity contribution in [2.75, 3.05) is 6.61 Å². The summed E-state index contributed by atoms with van der Waals surface area (Å²) in [6.45, 7) is 4.77. The van der Waals surface area contributed by atoms with Crippen LogP contribution in [0.2, 0.25) is 0 Å². The Morgan fingerprint density at radius 1 is 1.09 bits per heavy atom. The summed E-state index contributed by atoms with van der Waals surface area (Å²) in [5.41, 5.74) is 1.91. The van der Waals surface area contributed by atoms with Crippen LogP contribution in [0.5, 0.6) is 5.75 Å². The zero-order valence-corrected chi connectivity index (χ0v) is 13.4. The molecule has 22 heavy (non-hydrogen) atoms. The minimum Gasteiger partial charge on any atom is -0.494 e. The maximum Gasteiger partial charge on any atom is 0.119 e. The summed E-state index contributed by atoms with van der Waals surface area (Å²) in [5.74, 6) is 0.915. The number of benzene rings is 2. The van der Waals surface area contributed by atoms with E-state index in [0.717, 1.165) is 30.6 Å². The first-order valence-corrected chi connectivity index (χ1v) is 7.86. The van der Waals surface area contributed by atoms with Crippen molar-refractivity contribution in [2.24, 2.45) is 0 Å². The Bertz CT molecular complexity index is 630. The van der Waals surface area contributed by atoms with Crippen LogP contribution in [0.15, 0.2) is 54.6 Å². The van der Waals surface area contributed by atoms with Crippen molar-refractivity contribution in [2.45, 2.75) is 38.5 Å². The number of nitriles is 1. The fraction of sp³-hybridized carbons (Fsp3) is 0.350. The van der Waals surface area contributed by atoms with E-state index in [1.807, 2.05) is 49.4 Å². The van der Waals surface area contributed by atoms with Crippen LogP contribution in [0.4, 0.5) is 0 Å². The zero-order valence-electron chi connectivity index (χ0n) is 13.4. The average Bonchev–Trinajstić information content (AvgIpc) is 2.59. The molecule has 0 saturated heterocycles. The van der Waals surface area contributed by atoms with Gasteiger partial charge in [-0.05, 0) is 49.4 Å². The summed E-state index contributed by atoms with van der Waals surface area (Å²) in [6, 6.07) is 20.6. The molecule has 0 spiro atoms. The van der Waals surface area contributed by atoms with Gasteiger partial charge in [0.1, 0.15) is 5.75 Å². The SMILES string of the molecule is CCc1cccc(OCCCC(C)(C#N)c2ccccc2)c1.